The predicted molar refractivity (Wildman–Crippen MR) is 100 cm³/mol. The maximum Gasteiger partial charge on any atom is 0.338 e. The second-order valence-corrected chi connectivity index (χ2v) is 6.58. The van der Waals surface area contributed by atoms with Crippen LogP contribution in [-0.2, 0) is 9.53 Å². The highest BCUT2D eigenvalue weighted by Gasteiger charge is 2.19. The minimum Gasteiger partial charge on any atom is -0.452 e. The smallest absolute Gasteiger partial charge is 0.338 e. The van der Waals surface area contributed by atoms with Gasteiger partial charge in [0.2, 0.25) is 0 Å². The van der Waals surface area contributed by atoms with Gasteiger partial charge in [0.25, 0.3) is 5.91 Å². The van der Waals surface area contributed by atoms with E-state index in [1.165, 1.54) is 0 Å². The predicted octanol–water partition coefficient (Wildman–Crippen LogP) is 2.79. The first-order valence-electron chi connectivity index (χ1n) is 9.06. The molecule has 1 N–H and O–H groups in total. The fraction of sp³-hybridized carbons (Fsp3) is 0.300. The number of fused-ring (bicyclic) bond motifs is 1. The molecule has 0 radical (unpaired) electrons. The summed E-state index contributed by atoms with van der Waals surface area (Å²) >= 11 is 0. The van der Waals surface area contributed by atoms with Gasteiger partial charge in [-0.15, -0.1) is 0 Å². The van der Waals surface area contributed by atoms with Crippen LogP contribution in [0.1, 0.15) is 29.6 Å². The number of hydrogen-bond acceptors (Lipinski definition) is 5. The van der Waals surface area contributed by atoms with Crippen molar-refractivity contribution in [2.45, 2.75) is 19.3 Å². The average Bonchev–Trinajstić information content (AvgIpc) is 3.16. The van der Waals surface area contributed by atoms with Crippen LogP contribution in [0.5, 0.6) is 0 Å². The molecule has 2 aromatic heterocycles. The Morgan fingerprint density at radius 3 is 2.78 bits per heavy atom. The van der Waals surface area contributed by atoms with Gasteiger partial charge >= 0.3 is 5.97 Å². The topological polar surface area (TPSA) is 88.2 Å². The molecule has 3 heterocycles. The molecule has 0 aliphatic carbocycles. The lowest BCUT2D eigenvalue weighted by atomic mass is 10.1. The van der Waals surface area contributed by atoms with E-state index in [0.717, 1.165) is 48.9 Å². The summed E-state index contributed by atoms with van der Waals surface area (Å²) in [6, 6.07) is 8.85. The van der Waals surface area contributed by atoms with E-state index in [1.807, 2.05) is 12.1 Å². The van der Waals surface area contributed by atoms with Gasteiger partial charge in [-0.05, 0) is 49.6 Å². The zero-order valence-corrected chi connectivity index (χ0v) is 14.9. The summed E-state index contributed by atoms with van der Waals surface area (Å²) in [4.78, 5) is 38.0. The van der Waals surface area contributed by atoms with Crippen molar-refractivity contribution in [1.29, 1.82) is 0 Å². The first-order valence-corrected chi connectivity index (χ1v) is 9.06. The number of nitrogens with zero attached hydrogens (tertiary/aromatic N) is 3. The number of pyridine rings is 1. The standard InChI is InChI=1S/C20H20N4O3/c25-18(24-9-2-1-3-10-24)13-27-20(26)14-6-7-16-17(11-14)23-19(22-16)15-5-4-8-21-12-15/h4-8,11-12H,1-3,9-10,13H2,(H,22,23). The van der Waals surface area contributed by atoms with Gasteiger partial charge in [-0.25, -0.2) is 9.78 Å². The van der Waals surface area contributed by atoms with Crippen LogP contribution < -0.4 is 0 Å². The minimum atomic E-state index is -0.514. The lowest BCUT2D eigenvalue weighted by molar-refractivity contribution is -0.135. The van der Waals surface area contributed by atoms with Crippen LogP contribution in [0.2, 0.25) is 0 Å². The Bertz CT molecular complexity index is 962. The van der Waals surface area contributed by atoms with Gasteiger partial charge in [0, 0.05) is 31.0 Å². The molecule has 1 aliphatic heterocycles. The normalized spacial score (nSPS) is 14.3. The second kappa shape index (κ2) is 7.57. The van der Waals surface area contributed by atoms with Gasteiger partial charge in [0.05, 0.1) is 16.6 Å². The molecule has 1 aromatic carbocycles. The van der Waals surface area contributed by atoms with E-state index in [9.17, 15) is 9.59 Å². The molecule has 4 rings (SSSR count). The number of benzene rings is 1. The van der Waals surface area contributed by atoms with E-state index in [4.69, 9.17) is 4.74 Å². The van der Waals surface area contributed by atoms with Gasteiger partial charge < -0.3 is 14.6 Å². The molecule has 0 bridgehead atoms. The van der Waals surface area contributed by atoms with E-state index < -0.39 is 5.97 Å². The van der Waals surface area contributed by atoms with E-state index in [1.54, 1.807) is 35.5 Å². The number of nitrogens with one attached hydrogen (secondary N) is 1. The van der Waals surface area contributed by atoms with Crippen LogP contribution in [0.3, 0.4) is 0 Å². The number of amides is 1. The molecular formula is C20H20N4O3. The lowest BCUT2D eigenvalue weighted by Gasteiger charge is -2.26. The Morgan fingerprint density at radius 1 is 1.15 bits per heavy atom. The summed E-state index contributed by atoms with van der Waals surface area (Å²) in [5.74, 6) is 0.0354. The van der Waals surface area contributed by atoms with Gasteiger partial charge in [-0.3, -0.25) is 9.78 Å². The summed E-state index contributed by atoms with van der Waals surface area (Å²) in [7, 11) is 0. The number of H-pyrrole nitrogens is 1. The molecular weight excluding hydrogens is 344 g/mol. The summed E-state index contributed by atoms with van der Waals surface area (Å²) in [5, 5.41) is 0. The summed E-state index contributed by atoms with van der Waals surface area (Å²) in [6.45, 7) is 1.27. The SMILES string of the molecule is O=C(OCC(=O)N1CCCCC1)c1ccc2nc(-c3cccnc3)[nH]c2c1. The number of hydrogen-bond donors (Lipinski definition) is 1. The molecule has 0 unspecified atom stereocenters. The van der Waals surface area contributed by atoms with E-state index in [-0.39, 0.29) is 12.5 Å². The van der Waals surface area contributed by atoms with Gasteiger partial charge in [-0.2, -0.15) is 0 Å². The monoisotopic (exact) mass is 364 g/mol. The molecule has 7 nitrogen and oxygen atoms in total. The van der Waals surface area contributed by atoms with Crippen molar-refractivity contribution in [3.63, 3.8) is 0 Å². The highest BCUT2D eigenvalue weighted by molar-refractivity contribution is 5.95. The van der Waals surface area contributed by atoms with Crippen molar-refractivity contribution >= 4 is 22.9 Å². The molecule has 138 valence electrons. The molecule has 1 saturated heterocycles. The third-order valence-corrected chi connectivity index (χ3v) is 4.69. The second-order valence-electron chi connectivity index (χ2n) is 6.58. The molecule has 1 aliphatic rings. The number of aromatic nitrogens is 3. The summed E-state index contributed by atoms with van der Waals surface area (Å²) in [6.07, 6.45) is 6.59. The quantitative estimate of drug-likeness (QED) is 0.719. The zero-order chi connectivity index (χ0) is 18.6. The fourth-order valence-corrected chi connectivity index (χ4v) is 3.22. The fourth-order valence-electron chi connectivity index (χ4n) is 3.22. The number of imidazole rings is 1. The Balaban J connectivity index is 1.45. The molecule has 27 heavy (non-hydrogen) atoms. The van der Waals surface area contributed by atoms with Gasteiger partial charge in [-0.1, -0.05) is 0 Å². The highest BCUT2D eigenvalue weighted by Crippen LogP contribution is 2.21. The Hall–Kier alpha value is -3.22. The molecule has 0 spiro atoms. The minimum absolute atomic E-state index is 0.135. The third-order valence-electron chi connectivity index (χ3n) is 4.69. The van der Waals surface area contributed by atoms with Crippen molar-refractivity contribution in [2.24, 2.45) is 0 Å². The lowest BCUT2D eigenvalue weighted by Crippen LogP contribution is -2.38. The Kier molecular flexibility index (Phi) is 4.82. The van der Waals surface area contributed by atoms with E-state index in [0.29, 0.717) is 11.4 Å². The van der Waals surface area contributed by atoms with Gasteiger partial charge in [0.15, 0.2) is 6.61 Å². The first kappa shape index (κ1) is 17.2. The van der Waals surface area contributed by atoms with Crippen LogP contribution in [0.15, 0.2) is 42.7 Å². The maximum absolute atomic E-state index is 12.3. The number of carbonyl (C=O) groups is 2. The Morgan fingerprint density at radius 2 is 2.00 bits per heavy atom. The number of ether oxygens (including phenoxy) is 1. The molecule has 0 atom stereocenters. The average molecular weight is 364 g/mol. The van der Waals surface area contributed by atoms with Crippen LogP contribution in [0.25, 0.3) is 22.4 Å². The van der Waals surface area contributed by atoms with Crippen LogP contribution >= 0.6 is 0 Å². The Labute approximate surface area is 156 Å². The summed E-state index contributed by atoms with van der Waals surface area (Å²) < 4.78 is 5.21. The maximum atomic E-state index is 12.3. The third kappa shape index (κ3) is 3.81. The van der Waals surface area contributed by atoms with Crippen LogP contribution in [0, 0.1) is 0 Å². The number of rotatable bonds is 4. The summed E-state index contributed by atoms with van der Waals surface area (Å²) in [5.41, 5.74) is 2.72. The van der Waals surface area contributed by atoms with Crippen molar-refractivity contribution in [1.82, 2.24) is 19.9 Å². The van der Waals surface area contributed by atoms with Crippen LogP contribution in [0.4, 0.5) is 0 Å². The first-order chi connectivity index (χ1) is 13.2. The largest absolute Gasteiger partial charge is 0.452 e. The molecule has 3 aromatic rings. The number of piperidine rings is 1. The number of carbonyl (C=O) groups excluding carboxylic acids is 2. The number of likely N-dealkylation sites (tertiary alicyclic amines) is 1. The van der Waals surface area contributed by atoms with Crippen molar-refractivity contribution in [2.75, 3.05) is 19.7 Å². The molecule has 0 saturated carbocycles. The molecule has 1 amide bonds. The molecule has 1 fully saturated rings. The van der Waals surface area contributed by atoms with E-state index in [2.05, 4.69) is 15.0 Å². The van der Waals surface area contributed by atoms with Crippen LogP contribution in [-0.4, -0.2) is 51.4 Å². The zero-order valence-electron chi connectivity index (χ0n) is 14.9. The van der Waals surface area contributed by atoms with E-state index >= 15 is 0 Å². The molecule has 7 heteroatoms. The number of aromatic amines is 1. The number of esters is 1. The highest BCUT2D eigenvalue weighted by atomic mass is 16.5. The van der Waals surface area contributed by atoms with Gasteiger partial charge in [0.1, 0.15) is 5.82 Å². The van der Waals surface area contributed by atoms with Crippen molar-refractivity contribution < 1.29 is 14.3 Å². The van der Waals surface area contributed by atoms with Crippen molar-refractivity contribution in [3.05, 3.63) is 48.3 Å². The van der Waals surface area contributed by atoms with Crippen molar-refractivity contribution in [3.8, 4) is 11.4 Å².